The molecule has 0 aromatic carbocycles. The summed E-state index contributed by atoms with van der Waals surface area (Å²) in [7, 11) is 0. The maximum Gasteiger partial charge on any atom is 0.417 e. The van der Waals surface area contributed by atoms with Crippen LogP contribution in [0.15, 0.2) is 24.7 Å². The number of nitrogens with one attached hydrogen (secondary N) is 1. The molecular weight excluding hydrogens is 546 g/mol. The number of piperidine rings is 1. The minimum Gasteiger partial charge on any atom is -0.380 e. The lowest BCUT2D eigenvalue weighted by molar-refractivity contribution is -0.277. The normalized spacial score (nSPS) is 26.9. The first kappa shape index (κ1) is 26.6. The van der Waals surface area contributed by atoms with Gasteiger partial charge in [-0.2, -0.15) is 23.4 Å². The minimum absolute atomic E-state index is 0.134. The molecule has 3 aromatic rings. The van der Waals surface area contributed by atoms with E-state index in [2.05, 4.69) is 15.4 Å². The highest BCUT2D eigenvalue weighted by molar-refractivity contribution is 5.94. The monoisotopic (exact) mass is 577 g/mol. The van der Waals surface area contributed by atoms with Crippen molar-refractivity contribution in [3.05, 3.63) is 24.7 Å². The van der Waals surface area contributed by atoms with Crippen molar-refractivity contribution < 1.29 is 32.2 Å². The van der Waals surface area contributed by atoms with Crippen LogP contribution in [-0.4, -0.2) is 76.7 Å². The lowest BCUT2D eigenvalue weighted by atomic mass is 9.84. The summed E-state index contributed by atoms with van der Waals surface area (Å²) >= 11 is 0. The molecule has 2 atom stereocenters. The molecule has 5 heterocycles. The Labute approximate surface area is 232 Å². The second-order valence-corrected chi connectivity index (χ2v) is 12.0. The van der Waals surface area contributed by atoms with Gasteiger partial charge >= 0.3 is 12.2 Å². The molecule has 2 amide bonds. The predicted octanol–water partition coefficient (Wildman–Crippen LogP) is 4.95. The van der Waals surface area contributed by atoms with E-state index in [9.17, 15) is 27.5 Å². The first-order chi connectivity index (χ1) is 19.5. The van der Waals surface area contributed by atoms with Crippen LogP contribution < -0.4 is 5.32 Å². The average molecular weight is 578 g/mol. The van der Waals surface area contributed by atoms with Crippen molar-refractivity contribution in [2.45, 2.75) is 93.5 Å². The van der Waals surface area contributed by atoms with Crippen molar-refractivity contribution in [1.82, 2.24) is 29.4 Å². The topological polar surface area (TPSA) is 110 Å². The molecule has 220 valence electrons. The largest absolute Gasteiger partial charge is 0.417 e. The number of aromatic nitrogens is 5. The average Bonchev–Trinajstić information content (AvgIpc) is 3.77. The van der Waals surface area contributed by atoms with Gasteiger partial charge in [0.2, 0.25) is 0 Å². The van der Waals surface area contributed by atoms with Gasteiger partial charge in [0.05, 0.1) is 35.8 Å². The van der Waals surface area contributed by atoms with Crippen LogP contribution in [0.2, 0.25) is 0 Å². The number of carbonyl (C=O) groups excluding carboxylic acids is 1. The number of carbonyl (C=O) groups is 1. The van der Waals surface area contributed by atoms with Gasteiger partial charge in [-0.25, -0.2) is 13.9 Å². The van der Waals surface area contributed by atoms with Crippen LogP contribution in [0.3, 0.4) is 0 Å². The molecule has 7 rings (SSSR count). The number of nitrogens with zero attached hydrogens (tertiary/aromatic N) is 6. The number of amides is 2. The fourth-order valence-corrected chi connectivity index (χ4v) is 6.14. The van der Waals surface area contributed by atoms with Crippen LogP contribution >= 0.6 is 0 Å². The second-order valence-electron chi connectivity index (χ2n) is 12.0. The highest BCUT2D eigenvalue weighted by atomic mass is 19.4. The van der Waals surface area contributed by atoms with Crippen LogP contribution in [0.25, 0.3) is 22.3 Å². The fraction of sp³-hybridized carbons (Fsp3) is 0.630. The highest BCUT2D eigenvalue weighted by Gasteiger charge is 2.65. The Morgan fingerprint density at radius 3 is 2.66 bits per heavy atom. The van der Waals surface area contributed by atoms with E-state index in [4.69, 9.17) is 9.84 Å². The molecule has 41 heavy (non-hydrogen) atoms. The van der Waals surface area contributed by atoms with Gasteiger partial charge in [-0.05, 0) is 51.0 Å². The molecular formula is C27H31F4N7O3. The van der Waals surface area contributed by atoms with Crippen LogP contribution in [-0.2, 0) is 11.3 Å². The standard InChI is InChI=1S/C27H31F4N7O3/c28-24(4-5-24)16-38-20-11-18(32-12-17(20)13-33-38)22-19(14-37(35-22)21-3-1-2-10-41-21)34-23(39)36-9-8-26(40,27(29,30)31)15-25(36)6-7-25/h11-14,21,40H,1-10,15-16H2,(H,34,39)/t21?,26-/m1/s1. The Morgan fingerprint density at radius 2 is 1.98 bits per heavy atom. The molecule has 4 aliphatic rings. The molecule has 2 N–H and O–H groups in total. The zero-order valence-electron chi connectivity index (χ0n) is 22.3. The molecule has 0 bridgehead atoms. The molecule has 2 aliphatic heterocycles. The number of likely N-dealkylation sites (tertiary alicyclic amines) is 1. The number of anilines is 1. The number of fused-ring (bicyclic) bond motifs is 1. The summed E-state index contributed by atoms with van der Waals surface area (Å²) in [6.07, 6.45) is 3.05. The molecule has 3 aromatic heterocycles. The third-order valence-electron chi connectivity index (χ3n) is 8.96. The van der Waals surface area contributed by atoms with Gasteiger partial charge < -0.3 is 20.1 Å². The van der Waals surface area contributed by atoms with Crippen LogP contribution in [0.4, 0.5) is 28.0 Å². The summed E-state index contributed by atoms with van der Waals surface area (Å²) < 4.78 is 64.4. The summed E-state index contributed by atoms with van der Waals surface area (Å²) in [5.74, 6) is 0. The number of pyridine rings is 1. The molecule has 4 fully saturated rings. The quantitative estimate of drug-likeness (QED) is 0.416. The molecule has 14 heteroatoms. The Hall–Kier alpha value is -3.26. The lowest BCUT2D eigenvalue weighted by Gasteiger charge is -2.45. The van der Waals surface area contributed by atoms with E-state index in [1.165, 1.54) is 4.90 Å². The number of alkyl halides is 4. The first-order valence-corrected chi connectivity index (χ1v) is 14.1. The third-order valence-corrected chi connectivity index (χ3v) is 8.96. The number of hydrogen-bond donors (Lipinski definition) is 2. The van der Waals surface area contributed by atoms with Gasteiger partial charge in [-0.1, -0.05) is 0 Å². The van der Waals surface area contributed by atoms with Crippen molar-refractivity contribution in [2.75, 3.05) is 18.5 Å². The number of rotatable bonds is 5. The van der Waals surface area contributed by atoms with E-state index in [1.807, 2.05) is 0 Å². The van der Waals surface area contributed by atoms with E-state index >= 15 is 0 Å². The first-order valence-electron chi connectivity index (χ1n) is 14.1. The van der Waals surface area contributed by atoms with E-state index in [0.29, 0.717) is 54.9 Å². The SMILES string of the molecule is O=C(Nc1cn(C2CCCCO2)nc1-c1cc2c(cn1)cnn2CC1(F)CC1)N1CC[C@](O)(C(F)(F)F)CC12CC2. The smallest absolute Gasteiger partial charge is 0.380 e. The fourth-order valence-electron chi connectivity index (χ4n) is 6.14. The molecule has 10 nitrogen and oxygen atoms in total. The minimum atomic E-state index is -4.77. The molecule has 2 aliphatic carbocycles. The van der Waals surface area contributed by atoms with E-state index < -0.39 is 41.9 Å². The van der Waals surface area contributed by atoms with Crippen molar-refractivity contribution in [3.8, 4) is 11.4 Å². The Balaban J connectivity index is 1.20. The zero-order valence-corrected chi connectivity index (χ0v) is 22.3. The van der Waals surface area contributed by atoms with E-state index in [1.54, 1.807) is 34.0 Å². The number of aliphatic hydroxyl groups is 1. The van der Waals surface area contributed by atoms with E-state index in [0.717, 1.165) is 24.6 Å². The van der Waals surface area contributed by atoms with Crippen molar-refractivity contribution >= 4 is 22.6 Å². The van der Waals surface area contributed by atoms with Crippen molar-refractivity contribution in [3.63, 3.8) is 0 Å². The summed E-state index contributed by atoms with van der Waals surface area (Å²) in [4.78, 5) is 19.5. The molecule has 2 saturated heterocycles. The molecule has 0 radical (unpaired) electrons. The van der Waals surface area contributed by atoms with Crippen LogP contribution in [0.1, 0.15) is 64.0 Å². The Morgan fingerprint density at radius 1 is 1.17 bits per heavy atom. The van der Waals surface area contributed by atoms with Gasteiger partial charge in [0.15, 0.2) is 5.60 Å². The van der Waals surface area contributed by atoms with Gasteiger partial charge in [0.1, 0.15) is 17.6 Å². The maximum atomic E-state index is 14.6. The second kappa shape index (κ2) is 9.12. The van der Waals surface area contributed by atoms with Gasteiger partial charge in [-0.15, -0.1) is 0 Å². The predicted molar refractivity (Wildman–Crippen MR) is 139 cm³/mol. The van der Waals surface area contributed by atoms with Crippen LogP contribution in [0.5, 0.6) is 0 Å². The van der Waals surface area contributed by atoms with Gasteiger partial charge in [-0.3, -0.25) is 9.67 Å². The Bertz CT molecular complexity index is 1490. The zero-order chi connectivity index (χ0) is 28.6. The van der Waals surface area contributed by atoms with Crippen LogP contribution in [0, 0.1) is 0 Å². The maximum absolute atomic E-state index is 14.6. The molecule has 2 saturated carbocycles. The number of halogens is 4. The summed E-state index contributed by atoms with van der Waals surface area (Å²) in [6.45, 7) is 0.481. The number of hydrogen-bond acceptors (Lipinski definition) is 6. The summed E-state index contributed by atoms with van der Waals surface area (Å²) in [5, 5.41) is 23.0. The van der Waals surface area contributed by atoms with Gasteiger partial charge in [0.25, 0.3) is 0 Å². The lowest BCUT2D eigenvalue weighted by Crippen LogP contribution is -2.60. The van der Waals surface area contributed by atoms with Crippen molar-refractivity contribution in [2.24, 2.45) is 0 Å². The summed E-state index contributed by atoms with van der Waals surface area (Å²) in [5.41, 5.74) is -3.30. The van der Waals surface area contributed by atoms with Gasteiger partial charge in [0, 0.05) is 43.1 Å². The number of urea groups is 1. The van der Waals surface area contributed by atoms with Crippen molar-refractivity contribution in [1.29, 1.82) is 0 Å². The van der Waals surface area contributed by atoms with E-state index in [-0.39, 0.29) is 19.3 Å². The third kappa shape index (κ3) is 4.74. The number of ether oxygens (including phenoxy) is 1. The Kier molecular flexibility index (Phi) is 5.92. The highest BCUT2D eigenvalue weighted by Crippen LogP contribution is 2.55. The summed E-state index contributed by atoms with van der Waals surface area (Å²) in [6, 6.07) is 1.20. The molecule has 1 spiro atoms. The molecule has 1 unspecified atom stereocenters.